The highest BCUT2D eigenvalue weighted by atomic mass is 28.3. The fourth-order valence-electron chi connectivity index (χ4n) is 4.46. The molecule has 0 aliphatic heterocycles. The molecule has 166 valence electrons. The van der Waals surface area contributed by atoms with E-state index in [1.807, 2.05) is 6.08 Å². The molecule has 0 amide bonds. The summed E-state index contributed by atoms with van der Waals surface area (Å²) in [5, 5.41) is 1.60. The quantitative estimate of drug-likeness (QED) is 0.258. The lowest BCUT2D eigenvalue weighted by atomic mass is 10.2. The van der Waals surface area contributed by atoms with Crippen LogP contribution in [0.2, 0.25) is 6.04 Å². The Bertz CT molecular complexity index is 504. The Balaban J connectivity index is 3.49. The van der Waals surface area contributed by atoms with Gasteiger partial charge in [0.25, 0.3) is 0 Å². The average Bonchev–Trinajstić information content (AvgIpc) is 2.77. The molecule has 29 heavy (non-hydrogen) atoms. The molecule has 0 radical (unpaired) electrons. The minimum absolute atomic E-state index is 1.23. The van der Waals surface area contributed by atoms with Gasteiger partial charge in [0.05, 0.1) is 0 Å². The van der Waals surface area contributed by atoms with E-state index >= 15 is 0 Å². The molecule has 0 aliphatic rings. The van der Waals surface area contributed by atoms with Crippen molar-refractivity contribution in [3.05, 3.63) is 36.4 Å². The van der Waals surface area contributed by atoms with Crippen LogP contribution < -0.4 is 5.19 Å². The van der Waals surface area contributed by atoms with Crippen LogP contribution in [0.15, 0.2) is 30.8 Å². The van der Waals surface area contributed by atoms with Crippen molar-refractivity contribution in [2.75, 3.05) is 26.2 Å². The van der Waals surface area contributed by atoms with Gasteiger partial charge in [-0.3, -0.25) is 0 Å². The molecule has 0 spiro atoms. The van der Waals surface area contributed by atoms with Crippen molar-refractivity contribution in [1.82, 2.24) is 9.13 Å². The fourth-order valence-corrected chi connectivity index (χ4v) is 9.71. The van der Waals surface area contributed by atoms with Crippen LogP contribution in [0.3, 0.4) is 0 Å². The topological polar surface area (TPSA) is 6.48 Å². The van der Waals surface area contributed by atoms with E-state index < -0.39 is 8.40 Å². The molecule has 0 atom stereocenters. The maximum atomic E-state index is 3.97. The third-order valence-electron chi connectivity index (χ3n) is 6.27. The molecule has 0 aromatic heterocycles. The summed E-state index contributed by atoms with van der Waals surface area (Å²) in [4.78, 5) is 0. The van der Waals surface area contributed by atoms with Crippen molar-refractivity contribution in [1.29, 1.82) is 0 Å². The first-order valence-electron chi connectivity index (χ1n) is 12.4. The van der Waals surface area contributed by atoms with E-state index in [2.05, 4.69) is 74.6 Å². The molecule has 3 heteroatoms. The Morgan fingerprint density at radius 2 is 1.07 bits per heavy atom. The first-order valence-corrected chi connectivity index (χ1v) is 14.5. The normalized spacial score (nSPS) is 12.1. The van der Waals surface area contributed by atoms with Gasteiger partial charge in [0.15, 0.2) is 0 Å². The molecule has 0 bridgehead atoms. The summed E-state index contributed by atoms with van der Waals surface area (Å²) >= 11 is 0. The predicted molar refractivity (Wildman–Crippen MR) is 135 cm³/mol. The first-order chi connectivity index (χ1) is 14.1. The van der Waals surface area contributed by atoms with Gasteiger partial charge in [0.1, 0.15) is 0 Å². The zero-order valence-electron chi connectivity index (χ0n) is 20.2. The number of hydrogen-bond acceptors (Lipinski definition) is 2. The molecule has 0 heterocycles. The van der Waals surface area contributed by atoms with Crippen molar-refractivity contribution >= 4 is 19.7 Å². The van der Waals surface area contributed by atoms with E-state index in [9.17, 15) is 0 Å². The van der Waals surface area contributed by atoms with Gasteiger partial charge in [-0.15, -0.1) is 0 Å². The Morgan fingerprint density at radius 3 is 1.34 bits per heavy atom. The van der Waals surface area contributed by atoms with Gasteiger partial charge >= 0.3 is 0 Å². The van der Waals surface area contributed by atoms with Crippen LogP contribution >= 0.6 is 0 Å². The van der Waals surface area contributed by atoms with Crippen LogP contribution in [0.25, 0.3) is 6.08 Å². The molecule has 1 rings (SSSR count). The predicted octanol–water partition coefficient (Wildman–Crippen LogP) is 6.80. The summed E-state index contributed by atoms with van der Waals surface area (Å²) in [7, 11) is -1.96. The highest BCUT2D eigenvalue weighted by Gasteiger charge is 2.45. The van der Waals surface area contributed by atoms with E-state index in [-0.39, 0.29) is 0 Å². The van der Waals surface area contributed by atoms with Gasteiger partial charge in [0, 0.05) is 0 Å². The zero-order valence-corrected chi connectivity index (χ0v) is 21.2. The Morgan fingerprint density at radius 1 is 0.690 bits per heavy atom. The summed E-state index contributed by atoms with van der Waals surface area (Å²) in [6, 6.07) is 10.7. The highest BCUT2D eigenvalue weighted by Crippen LogP contribution is 2.24. The van der Waals surface area contributed by atoms with Gasteiger partial charge in [-0.1, -0.05) is 97.2 Å². The summed E-state index contributed by atoms with van der Waals surface area (Å²) in [6.07, 6.45) is 12.3. The van der Waals surface area contributed by atoms with Crippen LogP contribution in [0.5, 0.6) is 0 Å². The van der Waals surface area contributed by atoms with Crippen molar-refractivity contribution in [3.8, 4) is 0 Å². The van der Waals surface area contributed by atoms with Gasteiger partial charge in [-0.25, -0.2) is 0 Å². The second kappa shape index (κ2) is 15.0. The molecule has 1 aromatic rings. The summed E-state index contributed by atoms with van der Waals surface area (Å²) in [5.41, 5.74) is 1.23. The van der Waals surface area contributed by atoms with E-state index in [1.54, 1.807) is 5.19 Å². The van der Waals surface area contributed by atoms with Crippen molar-refractivity contribution in [2.45, 2.75) is 92.0 Å². The van der Waals surface area contributed by atoms with Gasteiger partial charge < -0.3 is 9.13 Å². The largest absolute Gasteiger partial charge is 0.308 e. The Labute approximate surface area is 183 Å². The molecule has 1 aromatic carbocycles. The highest BCUT2D eigenvalue weighted by molar-refractivity contribution is 6.87. The Hall–Kier alpha value is -0.903. The van der Waals surface area contributed by atoms with Crippen molar-refractivity contribution in [3.63, 3.8) is 0 Å². The molecule has 2 nitrogen and oxygen atoms in total. The lowest BCUT2D eigenvalue weighted by molar-refractivity contribution is 0.311. The lowest BCUT2D eigenvalue weighted by Crippen LogP contribution is -2.73. The van der Waals surface area contributed by atoms with E-state index in [0.29, 0.717) is 0 Å². The standard InChI is InChI=1S/C26H48N2Si/c1-7-13-21-27(22-14-8-2)29(12-6,26-19-17-25(11-5)18-20-26)28(23-15-9-3)24-16-10-4/h11,17-20H,5,7-10,12-16,21-24H2,1-4,6H3. The smallest absolute Gasteiger partial charge is 0.239 e. The second-order valence-electron chi connectivity index (χ2n) is 8.38. The molecule has 0 unspecified atom stereocenters. The van der Waals surface area contributed by atoms with E-state index in [0.717, 1.165) is 0 Å². The molecule has 0 saturated heterocycles. The maximum absolute atomic E-state index is 3.97. The number of nitrogens with zero attached hydrogens (tertiary/aromatic N) is 2. The second-order valence-corrected chi connectivity index (χ2v) is 12.6. The zero-order chi connectivity index (χ0) is 21.5. The molecular weight excluding hydrogens is 368 g/mol. The van der Waals surface area contributed by atoms with Gasteiger partial charge in [-0.2, -0.15) is 0 Å². The number of unbranched alkanes of at least 4 members (excludes halogenated alkanes) is 4. The third-order valence-corrected chi connectivity index (χ3v) is 11.5. The summed E-state index contributed by atoms with van der Waals surface area (Å²) < 4.78 is 5.93. The van der Waals surface area contributed by atoms with Crippen molar-refractivity contribution in [2.24, 2.45) is 0 Å². The number of benzene rings is 1. The minimum Gasteiger partial charge on any atom is -0.308 e. The van der Waals surface area contributed by atoms with Crippen LogP contribution in [0.1, 0.15) is 91.5 Å². The third kappa shape index (κ3) is 7.38. The average molecular weight is 417 g/mol. The van der Waals surface area contributed by atoms with Crippen molar-refractivity contribution < 1.29 is 0 Å². The molecule has 0 fully saturated rings. The van der Waals surface area contributed by atoms with Crippen LogP contribution in [0.4, 0.5) is 0 Å². The number of rotatable bonds is 17. The molecule has 0 N–H and O–H groups in total. The van der Waals surface area contributed by atoms with Crippen LogP contribution in [-0.2, 0) is 0 Å². The maximum Gasteiger partial charge on any atom is 0.239 e. The monoisotopic (exact) mass is 416 g/mol. The molecule has 0 aliphatic carbocycles. The van der Waals surface area contributed by atoms with Gasteiger partial charge in [0.2, 0.25) is 8.40 Å². The summed E-state index contributed by atoms with van der Waals surface area (Å²) in [6.45, 7) is 20.7. The SMILES string of the molecule is C=Cc1ccc([Si](CC)(N(CCCC)CCCC)N(CCCC)CCCC)cc1. The van der Waals surface area contributed by atoms with E-state index in [4.69, 9.17) is 0 Å². The van der Waals surface area contributed by atoms with Crippen LogP contribution in [0, 0.1) is 0 Å². The Kier molecular flexibility index (Phi) is 13.5. The molecule has 0 saturated carbocycles. The number of hydrogen-bond donors (Lipinski definition) is 0. The first kappa shape index (κ1) is 26.1. The molecular formula is C26H48N2Si. The summed E-state index contributed by atoms with van der Waals surface area (Å²) in [5.74, 6) is 0. The van der Waals surface area contributed by atoms with Crippen LogP contribution in [-0.4, -0.2) is 43.7 Å². The fraction of sp³-hybridized carbons (Fsp3) is 0.692. The van der Waals surface area contributed by atoms with Gasteiger partial charge in [-0.05, 0) is 68.7 Å². The lowest BCUT2D eigenvalue weighted by Gasteiger charge is -2.49. The minimum atomic E-state index is -1.96. The van der Waals surface area contributed by atoms with E-state index in [1.165, 1.54) is 89.2 Å².